The van der Waals surface area contributed by atoms with Crippen LogP contribution in [0.4, 0.5) is 0 Å². The van der Waals surface area contributed by atoms with Crippen molar-refractivity contribution >= 4 is 17.7 Å². The van der Waals surface area contributed by atoms with Gasteiger partial charge in [-0.25, -0.2) is 0 Å². The maximum atomic E-state index is 12.5. The Labute approximate surface area is 234 Å². The zero-order chi connectivity index (χ0) is 28.8. The van der Waals surface area contributed by atoms with Crippen LogP contribution in [0.3, 0.4) is 0 Å². The third kappa shape index (κ3) is 17.6. The summed E-state index contributed by atoms with van der Waals surface area (Å²) in [6.45, 7) is 15.1. The van der Waals surface area contributed by atoms with Gasteiger partial charge in [0.1, 0.15) is 0 Å². The van der Waals surface area contributed by atoms with Crippen molar-refractivity contribution in [1.82, 2.24) is 10.2 Å². The highest BCUT2D eigenvalue weighted by Crippen LogP contribution is 2.35. The third-order valence-corrected chi connectivity index (χ3v) is 6.21. The number of carbonyl (C=O) groups is 3. The van der Waals surface area contributed by atoms with E-state index in [1.165, 1.54) is 4.90 Å². The Morgan fingerprint density at radius 1 is 0.769 bits per heavy atom. The first-order chi connectivity index (χ1) is 18.8. The van der Waals surface area contributed by atoms with Crippen LogP contribution in [0.15, 0.2) is 0 Å². The molecule has 39 heavy (non-hydrogen) atoms. The van der Waals surface area contributed by atoms with Crippen LogP contribution in [0.25, 0.3) is 0 Å². The average Bonchev–Trinajstić information content (AvgIpc) is 3.18. The molecule has 1 N–H and O–H groups in total. The standard InChI is InChI=1S/C28H52N2O9/c1-5-34-13-14-36-17-18-38-21-22-39-20-19-37-16-15-35-12-10-29-25(31)9-7-6-8-11-30-26(32)23-24(27(30)33)28(2,3)4/h24H,5-23H2,1-4H3,(H,29,31). The second-order valence-corrected chi connectivity index (χ2v) is 10.4. The van der Waals surface area contributed by atoms with Gasteiger partial charge in [-0.15, -0.1) is 0 Å². The van der Waals surface area contributed by atoms with Crippen molar-refractivity contribution < 1.29 is 42.8 Å². The van der Waals surface area contributed by atoms with Crippen molar-refractivity contribution in [3.05, 3.63) is 0 Å². The lowest BCUT2D eigenvalue weighted by atomic mass is 9.80. The summed E-state index contributed by atoms with van der Waals surface area (Å²) in [7, 11) is 0. The van der Waals surface area contributed by atoms with Gasteiger partial charge in [0.25, 0.3) is 0 Å². The van der Waals surface area contributed by atoms with Crippen molar-refractivity contribution in [3.63, 3.8) is 0 Å². The molecule has 1 rings (SSSR count). The van der Waals surface area contributed by atoms with Gasteiger partial charge in [0.2, 0.25) is 17.7 Å². The Kier molecular flexibility index (Phi) is 20.1. The molecule has 0 bridgehead atoms. The number of imide groups is 1. The number of hydrogen-bond donors (Lipinski definition) is 1. The predicted octanol–water partition coefficient (Wildman–Crippen LogP) is 2.20. The summed E-state index contributed by atoms with van der Waals surface area (Å²) in [4.78, 5) is 38.0. The molecule has 3 amide bonds. The van der Waals surface area contributed by atoms with E-state index in [1.54, 1.807) is 0 Å². The fraction of sp³-hybridized carbons (Fsp3) is 0.893. The largest absolute Gasteiger partial charge is 0.379 e. The first-order valence-electron chi connectivity index (χ1n) is 14.3. The van der Waals surface area contributed by atoms with Crippen LogP contribution >= 0.6 is 0 Å². The lowest BCUT2D eigenvalue weighted by Crippen LogP contribution is -2.34. The number of hydrogen-bond acceptors (Lipinski definition) is 9. The molecule has 0 aromatic carbocycles. The zero-order valence-corrected chi connectivity index (χ0v) is 24.6. The van der Waals surface area contributed by atoms with E-state index in [0.29, 0.717) is 112 Å². The van der Waals surface area contributed by atoms with Gasteiger partial charge >= 0.3 is 0 Å². The molecule has 0 radical (unpaired) electrons. The van der Waals surface area contributed by atoms with Crippen LogP contribution in [-0.4, -0.2) is 115 Å². The summed E-state index contributed by atoms with van der Waals surface area (Å²) in [6.07, 6.45) is 2.95. The first-order valence-corrected chi connectivity index (χ1v) is 14.3. The van der Waals surface area contributed by atoms with Crippen LogP contribution in [-0.2, 0) is 42.8 Å². The zero-order valence-electron chi connectivity index (χ0n) is 24.6. The Bertz CT molecular complexity index is 670. The molecule has 1 fully saturated rings. The van der Waals surface area contributed by atoms with Crippen molar-refractivity contribution in [2.45, 2.75) is 59.8 Å². The summed E-state index contributed by atoms with van der Waals surface area (Å²) in [6, 6.07) is 0. The SMILES string of the molecule is CCOCCOCCOCCOCCOCCOCCNC(=O)CCCCCN1C(=O)CC(C(C)(C)C)C1=O. The molecule has 0 spiro atoms. The van der Waals surface area contributed by atoms with Crippen LogP contribution in [0.1, 0.15) is 59.8 Å². The number of unbranched alkanes of at least 4 members (excludes halogenated alkanes) is 2. The van der Waals surface area contributed by atoms with Crippen LogP contribution in [0.5, 0.6) is 0 Å². The van der Waals surface area contributed by atoms with Gasteiger partial charge < -0.3 is 33.7 Å². The number of rotatable bonds is 25. The Hall–Kier alpha value is -1.63. The number of carbonyl (C=O) groups excluding carboxylic acids is 3. The number of nitrogens with one attached hydrogen (secondary N) is 1. The molecule has 0 aliphatic carbocycles. The molecule has 0 saturated carbocycles. The highest BCUT2D eigenvalue weighted by molar-refractivity contribution is 6.03. The van der Waals surface area contributed by atoms with Crippen molar-refractivity contribution in [3.8, 4) is 0 Å². The molecule has 0 aromatic rings. The van der Waals surface area contributed by atoms with E-state index in [2.05, 4.69) is 5.32 Å². The monoisotopic (exact) mass is 560 g/mol. The molecule has 1 heterocycles. The predicted molar refractivity (Wildman–Crippen MR) is 146 cm³/mol. The van der Waals surface area contributed by atoms with Crippen molar-refractivity contribution in [1.29, 1.82) is 0 Å². The van der Waals surface area contributed by atoms with E-state index in [0.717, 1.165) is 12.8 Å². The third-order valence-electron chi connectivity index (χ3n) is 6.21. The quantitative estimate of drug-likeness (QED) is 0.132. The molecule has 1 unspecified atom stereocenters. The first kappa shape index (κ1) is 35.4. The van der Waals surface area contributed by atoms with Gasteiger partial charge in [-0.3, -0.25) is 19.3 Å². The second kappa shape index (κ2) is 22.1. The van der Waals surface area contributed by atoms with Crippen LogP contribution in [0, 0.1) is 11.3 Å². The number of ether oxygens (including phenoxy) is 6. The Balaban J connectivity index is 1.82. The molecule has 1 aliphatic rings. The summed E-state index contributed by atoms with van der Waals surface area (Å²) in [5, 5.41) is 2.84. The van der Waals surface area contributed by atoms with E-state index in [1.807, 2.05) is 27.7 Å². The molecule has 228 valence electrons. The van der Waals surface area contributed by atoms with Gasteiger partial charge in [-0.1, -0.05) is 27.2 Å². The van der Waals surface area contributed by atoms with Gasteiger partial charge in [0.15, 0.2) is 0 Å². The molecule has 0 aromatic heterocycles. The number of likely N-dealkylation sites (tertiary alicyclic amines) is 1. The summed E-state index contributed by atoms with van der Waals surface area (Å²) in [5.41, 5.74) is -0.206. The molecule has 1 saturated heterocycles. The maximum Gasteiger partial charge on any atom is 0.233 e. The minimum atomic E-state index is -0.234. The average molecular weight is 561 g/mol. The summed E-state index contributed by atoms with van der Waals surface area (Å²) >= 11 is 0. The fourth-order valence-electron chi connectivity index (χ4n) is 3.92. The molecule has 1 atom stereocenters. The molecule has 1 aliphatic heterocycles. The van der Waals surface area contributed by atoms with Gasteiger partial charge in [0.05, 0.1) is 78.6 Å². The smallest absolute Gasteiger partial charge is 0.233 e. The normalized spacial score (nSPS) is 15.9. The molecular weight excluding hydrogens is 508 g/mol. The van der Waals surface area contributed by atoms with E-state index < -0.39 is 0 Å². The topological polar surface area (TPSA) is 122 Å². The number of nitrogens with zero attached hydrogens (tertiary/aromatic N) is 1. The maximum absolute atomic E-state index is 12.5. The Morgan fingerprint density at radius 3 is 1.72 bits per heavy atom. The summed E-state index contributed by atoms with van der Waals surface area (Å²) in [5.74, 6) is -0.394. The summed E-state index contributed by atoms with van der Waals surface area (Å²) < 4.78 is 32.3. The number of amides is 3. The van der Waals surface area contributed by atoms with E-state index in [-0.39, 0.29) is 29.1 Å². The lowest BCUT2D eigenvalue weighted by molar-refractivity contribution is -0.140. The molecule has 11 heteroatoms. The van der Waals surface area contributed by atoms with E-state index >= 15 is 0 Å². The van der Waals surface area contributed by atoms with Crippen molar-refractivity contribution in [2.75, 3.05) is 92.4 Å². The minimum Gasteiger partial charge on any atom is -0.379 e. The molecular formula is C28H52N2O9. The van der Waals surface area contributed by atoms with Crippen LogP contribution < -0.4 is 5.32 Å². The van der Waals surface area contributed by atoms with Gasteiger partial charge in [0, 0.05) is 32.5 Å². The van der Waals surface area contributed by atoms with E-state index in [9.17, 15) is 14.4 Å². The highest BCUT2D eigenvalue weighted by Gasteiger charge is 2.44. The molecule has 11 nitrogen and oxygen atoms in total. The van der Waals surface area contributed by atoms with Gasteiger partial charge in [-0.05, 0) is 25.2 Å². The minimum absolute atomic E-state index is 0.0220. The lowest BCUT2D eigenvalue weighted by Gasteiger charge is -2.24. The highest BCUT2D eigenvalue weighted by atomic mass is 16.6. The second-order valence-electron chi connectivity index (χ2n) is 10.4. The van der Waals surface area contributed by atoms with E-state index in [4.69, 9.17) is 28.4 Å². The van der Waals surface area contributed by atoms with Crippen molar-refractivity contribution in [2.24, 2.45) is 11.3 Å². The van der Waals surface area contributed by atoms with Gasteiger partial charge in [-0.2, -0.15) is 0 Å². The fourth-order valence-corrected chi connectivity index (χ4v) is 3.92. The van der Waals surface area contributed by atoms with Crippen LogP contribution in [0.2, 0.25) is 0 Å². The Morgan fingerprint density at radius 2 is 1.26 bits per heavy atom.